The molecular formula is C20H35NO3. The summed E-state index contributed by atoms with van der Waals surface area (Å²) in [4.78, 5) is 23.3. The van der Waals surface area contributed by atoms with Gasteiger partial charge in [-0.2, -0.15) is 0 Å². The first-order valence-corrected chi connectivity index (χ1v) is 10.0. The van der Waals surface area contributed by atoms with E-state index in [2.05, 4.69) is 19.2 Å². The zero-order valence-corrected chi connectivity index (χ0v) is 15.4. The van der Waals surface area contributed by atoms with Crippen molar-refractivity contribution in [1.29, 1.82) is 0 Å². The number of aliphatic carboxylic acids is 1. The van der Waals surface area contributed by atoms with E-state index in [1.54, 1.807) is 0 Å². The summed E-state index contributed by atoms with van der Waals surface area (Å²) in [6.45, 7) is 5.21. The number of hydrogen-bond acceptors (Lipinski definition) is 2. The summed E-state index contributed by atoms with van der Waals surface area (Å²) >= 11 is 0. The number of amides is 1. The topological polar surface area (TPSA) is 66.4 Å². The molecule has 0 aromatic carbocycles. The first-order chi connectivity index (χ1) is 11.5. The van der Waals surface area contributed by atoms with Crippen LogP contribution in [-0.2, 0) is 9.59 Å². The van der Waals surface area contributed by atoms with Gasteiger partial charge in [-0.15, -0.1) is 0 Å². The average Bonchev–Trinajstić information content (AvgIpc) is 3.13. The number of carbonyl (C=O) groups excluding carboxylic acids is 1. The monoisotopic (exact) mass is 337 g/mol. The third-order valence-corrected chi connectivity index (χ3v) is 6.23. The van der Waals surface area contributed by atoms with Gasteiger partial charge in [-0.1, -0.05) is 33.1 Å². The summed E-state index contributed by atoms with van der Waals surface area (Å²) in [6, 6.07) is 0. The highest BCUT2D eigenvalue weighted by Gasteiger charge is 2.49. The van der Waals surface area contributed by atoms with Crippen molar-refractivity contribution in [2.45, 2.75) is 78.1 Å². The molecule has 5 atom stereocenters. The van der Waals surface area contributed by atoms with E-state index >= 15 is 0 Å². The van der Waals surface area contributed by atoms with Crippen molar-refractivity contribution in [3.05, 3.63) is 0 Å². The maximum atomic E-state index is 12.7. The molecule has 138 valence electrons. The van der Waals surface area contributed by atoms with Gasteiger partial charge in [0, 0.05) is 18.9 Å². The lowest BCUT2D eigenvalue weighted by molar-refractivity contribution is -0.137. The molecule has 4 nitrogen and oxygen atoms in total. The first kappa shape index (κ1) is 19.3. The van der Waals surface area contributed by atoms with Crippen LogP contribution in [-0.4, -0.2) is 23.5 Å². The van der Waals surface area contributed by atoms with Gasteiger partial charge in [0.2, 0.25) is 5.91 Å². The van der Waals surface area contributed by atoms with Gasteiger partial charge in [-0.25, -0.2) is 0 Å². The summed E-state index contributed by atoms with van der Waals surface area (Å²) < 4.78 is 0. The van der Waals surface area contributed by atoms with Crippen LogP contribution in [0.5, 0.6) is 0 Å². The van der Waals surface area contributed by atoms with Crippen LogP contribution >= 0.6 is 0 Å². The van der Waals surface area contributed by atoms with Gasteiger partial charge in [0.05, 0.1) is 0 Å². The minimum absolute atomic E-state index is 0.219. The van der Waals surface area contributed by atoms with Crippen molar-refractivity contribution in [2.75, 3.05) is 6.54 Å². The molecule has 5 unspecified atom stereocenters. The quantitative estimate of drug-likeness (QED) is 0.554. The normalized spacial score (nSPS) is 29.6. The van der Waals surface area contributed by atoms with E-state index < -0.39 is 5.97 Å². The molecule has 2 aliphatic rings. The number of fused-ring (bicyclic) bond motifs is 2. The van der Waals surface area contributed by atoms with Crippen molar-refractivity contribution in [1.82, 2.24) is 5.32 Å². The molecule has 0 aromatic heterocycles. The Bertz CT molecular complexity index is 423. The summed E-state index contributed by atoms with van der Waals surface area (Å²) in [7, 11) is 0. The first-order valence-electron chi connectivity index (χ1n) is 10.0. The third-order valence-electron chi connectivity index (χ3n) is 6.23. The van der Waals surface area contributed by atoms with Crippen LogP contribution in [0.4, 0.5) is 0 Å². The molecule has 2 aliphatic carbocycles. The minimum Gasteiger partial charge on any atom is -0.481 e. The molecule has 0 saturated heterocycles. The fourth-order valence-electron chi connectivity index (χ4n) is 5.05. The molecule has 0 radical (unpaired) electrons. The fourth-order valence-corrected chi connectivity index (χ4v) is 5.05. The van der Waals surface area contributed by atoms with Crippen molar-refractivity contribution < 1.29 is 14.7 Å². The Morgan fingerprint density at radius 3 is 2.62 bits per heavy atom. The Morgan fingerprint density at radius 1 is 1.17 bits per heavy atom. The number of carbonyl (C=O) groups is 2. The predicted octanol–water partition coefficient (Wildman–Crippen LogP) is 4.24. The molecule has 0 aromatic rings. The summed E-state index contributed by atoms with van der Waals surface area (Å²) in [5.41, 5.74) is 0. The van der Waals surface area contributed by atoms with Crippen LogP contribution in [0.3, 0.4) is 0 Å². The Labute approximate surface area is 146 Å². The van der Waals surface area contributed by atoms with Crippen molar-refractivity contribution in [3.63, 3.8) is 0 Å². The van der Waals surface area contributed by atoms with Gasteiger partial charge < -0.3 is 10.4 Å². The number of carboxylic acid groups (broad SMARTS) is 1. The summed E-state index contributed by atoms with van der Waals surface area (Å²) in [5.74, 6) is 2.24. The number of carboxylic acids is 1. The van der Waals surface area contributed by atoms with Crippen LogP contribution in [0.1, 0.15) is 78.1 Å². The molecule has 4 heteroatoms. The number of rotatable bonds is 11. The molecule has 0 heterocycles. The SMILES string of the molecule is CCCC(C)CNC(=O)C1C2CCC(C2)C1CCCCCC(=O)O. The number of hydrogen-bond donors (Lipinski definition) is 2. The molecule has 0 aliphatic heterocycles. The van der Waals surface area contributed by atoms with Gasteiger partial charge >= 0.3 is 5.97 Å². The van der Waals surface area contributed by atoms with Crippen LogP contribution in [0.2, 0.25) is 0 Å². The van der Waals surface area contributed by atoms with E-state index in [4.69, 9.17) is 5.11 Å². The van der Waals surface area contributed by atoms with E-state index in [-0.39, 0.29) is 12.3 Å². The van der Waals surface area contributed by atoms with Crippen LogP contribution in [0.25, 0.3) is 0 Å². The fraction of sp³-hybridized carbons (Fsp3) is 0.900. The Hall–Kier alpha value is -1.06. The van der Waals surface area contributed by atoms with E-state index in [9.17, 15) is 9.59 Å². The molecule has 2 fully saturated rings. The van der Waals surface area contributed by atoms with Crippen molar-refractivity contribution in [2.24, 2.45) is 29.6 Å². The number of nitrogens with one attached hydrogen (secondary N) is 1. The minimum atomic E-state index is -0.701. The molecule has 2 bridgehead atoms. The van der Waals surface area contributed by atoms with Gasteiger partial charge in [0.25, 0.3) is 0 Å². The molecule has 0 spiro atoms. The summed E-state index contributed by atoms with van der Waals surface area (Å²) in [5, 5.41) is 11.9. The Balaban J connectivity index is 1.78. The van der Waals surface area contributed by atoms with E-state index in [0.717, 1.165) is 38.1 Å². The van der Waals surface area contributed by atoms with E-state index in [0.29, 0.717) is 23.7 Å². The zero-order chi connectivity index (χ0) is 17.5. The highest BCUT2D eigenvalue weighted by atomic mass is 16.4. The van der Waals surface area contributed by atoms with Crippen LogP contribution in [0, 0.1) is 29.6 Å². The highest BCUT2D eigenvalue weighted by Crippen LogP contribution is 2.54. The molecular weight excluding hydrogens is 302 g/mol. The second-order valence-electron chi connectivity index (χ2n) is 8.15. The number of unbranched alkanes of at least 4 members (excludes halogenated alkanes) is 2. The lowest BCUT2D eigenvalue weighted by Crippen LogP contribution is -2.40. The van der Waals surface area contributed by atoms with E-state index in [1.165, 1.54) is 32.1 Å². The van der Waals surface area contributed by atoms with Gasteiger partial charge in [0.1, 0.15) is 0 Å². The van der Waals surface area contributed by atoms with Gasteiger partial charge in [0.15, 0.2) is 0 Å². The van der Waals surface area contributed by atoms with Gasteiger partial charge in [-0.3, -0.25) is 9.59 Å². The lowest BCUT2D eigenvalue weighted by Gasteiger charge is -2.30. The standard InChI is InChI=1S/C20H35NO3/c1-3-7-14(2)13-21-20(24)19-16-11-10-15(12-16)17(19)8-5-4-6-9-18(22)23/h14-17,19H,3-13H2,1-2H3,(H,21,24)(H,22,23). The smallest absolute Gasteiger partial charge is 0.303 e. The third kappa shape index (κ3) is 5.22. The second kappa shape index (κ2) is 9.43. The molecule has 2 rings (SSSR count). The van der Waals surface area contributed by atoms with Gasteiger partial charge in [-0.05, 0) is 62.2 Å². The van der Waals surface area contributed by atoms with E-state index in [1.807, 2.05) is 0 Å². The average molecular weight is 338 g/mol. The van der Waals surface area contributed by atoms with Crippen LogP contribution in [0.15, 0.2) is 0 Å². The largest absolute Gasteiger partial charge is 0.481 e. The molecule has 1 amide bonds. The van der Waals surface area contributed by atoms with Crippen LogP contribution < -0.4 is 5.32 Å². The Morgan fingerprint density at radius 2 is 1.92 bits per heavy atom. The second-order valence-corrected chi connectivity index (χ2v) is 8.15. The Kier molecular flexibility index (Phi) is 7.57. The maximum Gasteiger partial charge on any atom is 0.303 e. The zero-order valence-electron chi connectivity index (χ0n) is 15.4. The molecule has 2 N–H and O–H groups in total. The predicted molar refractivity (Wildman–Crippen MR) is 95.6 cm³/mol. The lowest BCUT2D eigenvalue weighted by atomic mass is 9.76. The maximum absolute atomic E-state index is 12.7. The molecule has 2 saturated carbocycles. The molecule has 24 heavy (non-hydrogen) atoms. The highest BCUT2D eigenvalue weighted by molar-refractivity contribution is 5.79. The summed E-state index contributed by atoms with van der Waals surface area (Å²) in [6.07, 6.45) is 10.3. The van der Waals surface area contributed by atoms with Crippen molar-refractivity contribution >= 4 is 11.9 Å². The van der Waals surface area contributed by atoms with Crippen molar-refractivity contribution in [3.8, 4) is 0 Å².